The Balaban J connectivity index is 2.00. The van der Waals surface area contributed by atoms with E-state index in [9.17, 15) is 9.90 Å². The summed E-state index contributed by atoms with van der Waals surface area (Å²) in [6, 6.07) is 13.5. The molecule has 2 aromatic carbocycles. The van der Waals surface area contributed by atoms with Crippen molar-refractivity contribution in [1.29, 1.82) is 0 Å². The van der Waals surface area contributed by atoms with E-state index in [-0.39, 0.29) is 11.7 Å². The molecule has 3 rings (SSSR count). The van der Waals surface area contributed by atoms with Gasteiger partial charge in [0.05, 0.1) is 0 Å². The van der Waals surface area contributed by atoms with Crippen molar-refractivity contribution in [2.45, 2.75) is 0 Å². The highest BCUT2D eigenvalue weighted by Crippen LogP contribution is 2.23. The first-order valence-electron chi connectivity index (χ1n) is 6.39. The maximum Gasteiger partial charge on any atom is 0.274 e. The number of nitrogens with one attached hydrogen (secondary N) is 1. The summed E-state index contributed by atoms with van der Waals surface area (Å²) in [5.41, 5.74) is 7.30. The van der Waals surface area contributed by atoms with E-state index in [4.69, 9.17) is 5.73 Å². The first kappa shape index (κ1) is 12.9. The quantitative estimate of drug-likeness (QED) is 0.629. The minimum Gasteiger partial charge on any atom is -0.508 e. The molecule has 0 spiro atoms. The summed E-state index contributed by atoms with van der Waals surface area (Å²) >= 11 is 0. The van der Waals surface area contributed by atoms with Gasteiger partial charge in [0, 0.05) is 34.4 Å². The normalized spacial score (nSPS) is 10.5. The van der Waals surface area contributed by atoms with Crippen LogP contribution in [0.25, 0.3) is 10.8 Å². The number of carbonyl (C=O) groups excluding carboxylic acids is 1. The van der Waals surface area contributed by atoms with Crippen LogP contribution in [-0.2, 0) is 0 Å². The fourth-order valence-electron chi connectivity index (χ4n) is 2.19. The van der Waals surface area contributed by atoms with Crippen LogP contribution in [0.2, 0.25) is 0 Å². The van der Waals surface area contributed by atoms with Crippen LogP contribution in [-0.4, -0.2) is 16.0 Å². The van der Waals surface area contributed by atoms with Gasteiger partial charge in [-0.2, -0.15) is 0 Å². The molecule has 5 nitrogen and oxygen atoms in total. The minimum atomic E-state index is -0.350. The van der Waals surface area contributed by atoms with Crippen LogP contribution in [0, 0.1) is 0 Å². The van der Waals surface area contributed by atoms with Gasteiger partial charge in [0.2, 0.25) is 0 Å². The van der Waals surface area contributed by atoms with Crippen molar-refractivity contribution in [2.24, 2.45) is 0 Å². The van der Waals surface area contributed by atoms with Gasteiger partial charge in [-0.3, -0.25) is 9.78 Å². The van der Waals surface area contributed by atoms with Crippen LogP contribution in [0.15, 0.2) is 54.7 Å². The Morgan fingerprint density at radius 3 is 2.71 bits per heavy atom. The number of rotatable bonds is 2. The molecule has 0 saturated carbocycles. The number of anilines is 2. The SMILES string of the molecule is Nc1cccc2c(C(=O)Nc3cccc(O)c3)nccc12. The molecule has 4 N–H and O–H groups in total. The van der Waals surface area contributed by atoms with Crippen LogP contribution < -0.4 is 11.1 Å². The summed E-state index contributed by atoms with van der Waals surface area (Å²) in [6.45, 7) is 0. The molecule has 0 bridgehead atoms. The van der Waals surface area contributed by atoms with Gasteiger partial charge in [0.1, 0.15) is 11.4 Å². The summed E-state index contributed by atoms with van der Waals surface area (Å²) in [4.78, 5) is 16.5. The molecule has 1 heterocycles. The molecule has 0 atom stereocenters. The number of hydrogen-bond donors (Lipinski definition) is 3. The van der Waals surface area contributed by atoms with Gasteiger partial charge >= 0.3 is 0 Å². The van der Waals surface area contributed by atoms with Crippen molar-refractivity contribution >= 4 is 28.1 Å². The second kappa shape index (κ2) is 5.13. The van der Waals surface area contributed by atoms with Crippen LogP contribution in [0.3, 0.4) is 0 Å². The highest BCUT2D eigenvalue weighted by atomic mass is 16.3. The van der Waals surface area contributed by atoms with Crippen LogP contribution in [0.1, 0.15) is 10.5 Å². The zero-order chi connectivity index (χ0) is 14.8. The number of phenols is 1. The Morgan fingerprint density at radius 1 is 1.10 bits per heavy atom. The van der Waals surface area contributed by atoms with Gasteiger partial charge in [-0.25, -0.2) is 0 Å². The molecule has 21 heavy (non-hydrogen) atoms. The average molecular weight is 279 g/mol. The number of phenolic OH excluding ortho intramolecular Hbond substituents is 1. The number of amides is 1. The molecular weight excluding hydrogens is 266 g/mol. The molecule has 0 aliphatic carbocycles. The first-order valence-corrected chi connectivity index (χ1v) is 6.39. The lowest BCUT2D eigenvalue weighted by Crippen LogP contribution is -2.14. The summed E-state index contributed by atoms with van der Waals surface area (Å²) in [6.07, 6.45) is 1.55. The number of carbonyl (C=O) groups is 1. The van der Waals surface area contributed by atoms with Crippen LogP contribution in [0.4, 0.5) is 11.4 Å². The Kier molecular flexibility index (Phi) is 3.16. The zero-order valence-electron chi connectivity index (χ0n) is 11.1. The van der Waals surface area contributed by atoms with E-state index in [2.05, 4.69) is 10.3 Å². The Hall–Kier alpha value is -3.08. The van der Waals surface area contributed by atoms with Gasteiger partial charge in [-0.15, -0.1) is 0 Å². The third kappa shape index (κ3) is 2.49. The Labute approximate surface area is 121 Å². The molecule has 1 amide bonds. The van der Waals surface area contributed by atoms with Crippen molar-refractivity contribution in [2.75, 3.05) is 11.1 Å². The fraction of sp³-hybridized carbons (Fsp3) is 0. The highest BCUT2D eigenvalue weighted by Gasteiger charge is 2.13. The molecule has 0 unspecified atom stereocenters. The summed E-state index contributed by atoms with van der Waals surface area (Å²) in [7, 11) is 0. The van der Waals surface area contributed by atoms with Crippen molar-refractivity contribution in [3.8, 4) is 5.75 Å². The number of nitrogens with two attached hydrogens (primary N) is 1. The minimum absolute atomic E-state index is 0.0860. The Morgan fingerprint density at radius 2 is 1.90 bits per heavy atom. The summed E-state index contributed by atoms with van der Waals surface area (Å²) in [5, 5.41) is 13.6. The van der Waals surface area contributed by atoms with Crippen molar-refractivity contribution in [1.82, 2.24) is 4.98 Å². The largest absolute Gasteiger partial charge is 0.508 e. The van der Waals surface area contributed by atoms with Crippen molar-refractivity contribution < 1.29 is 9.90 Å². The van der Waals surface area contributed by atoms with Gasteiger partial charge in [0.25, 0.3) is 5.91 Å². The molecular formula is C16H13N3O2. The lowest BCUT2D eigenvalue weighted by Gasteiger charge is -2.08. The lowest BCUT2D eigenvalue weighted by atomic mass is 10.1. The predicted molar refractivity (Wildman–Crippen MR) is 82.2 cm³/mol. The molecule has 5 heteroatoms. The van der Waals surface area contributed by atoms with Gasteiger partial charge < -0.3 is 16.2 Å². The van der Waals surface area contributed by atoms with Gasteiger partial charge in [-0.05, 0) is 24.3 Å². The fourth-order valence-corrected chi connectivity index (χ4v) is 2.19. The van der Waals surface area contributed by atoms with Crippen LogP contribution >= 0.6 is 0 Å². The molecule has 0 aliphatic rings. The molecule has 0 fully saturated rings. The highest BCUT2D eigenvalue weighted by molar-refractivity contribution is 6.13. The predicted octanol–water partition coefficient (Wildman–Crippen LogP) is 2.77. The monoisotopic (exact) mass is 279 g/mol. The number of hydrogen-bond acceptors (Lipinski definition) is 4. The number of nitrogen functional groups attached to an aromatic ring is 1. The Bertz CT molecular complexity index is 831. The molecule has 0 saturated heterocycles. The van der Waals surface area contributed by atoms with Crippen LogP contribution in [0.5, 0.6) is 5.75 Å². The topological polar surface area (TPSA) is 88.2 Å². The second-order valence-electron chi connectivity index (χ2n) is 4.61. The van der Waals surface area contributed by atoms with Crippen molar-refractivity contribution in [3.63, 3.8) is 0 Å². The second-order valence-corrected chi connectivity index (χ2v) is 4.61. The first-order chi connectivity index (χ1) is 10.1. The number of benzene rings is 2. The molecule has 3 aromatic rings. The maximum atomic E-state index is 12.4. The van der Waals surface area contributed by atoms with E-state index in [0.717, 1.165) is 5.39 Å². The van der Waals surface area contributed by atoms with E-state index >= 15 is 0 Å². The number of pyridine rings is 1. The van der Waals surface area contributed by atoms with E-state index < -0.39 is 0 Å². The van der Waals surface area contributed by atoms with Gasteiger partial charge in [0.15, 0.2) is 0 Å². The van der Waals surface area contributed by atoms with E-state index in [1.165, 1.54) is 12.1 Å². The number of nitrogens with zero attached hydrogens (tertiary/aromatic N) is 1. The molecule has 0 aliphatic heterocycles. The summed E-state index contributed by atoms with van der Waals surface area (Å²) < 4.78 is 0. The lowest BCUT2D eigenvalue weighted by molar-refractivity contribution is 0.102. The maximum absolute atomic E-state index is 12.4. The average Bonchev–Trinajstić information content (AvgIpc) is 2.47. The standard InChI is InChI=1S/C16H13N3O2/c17-14-6-2-5-13-12(14)7-8-18-15(13)16(21)19-10-3-1-4-11(20)9-10/h1-9,20H,17H2,(H,19,21). The third-order valence-electron chi connectivity index (χ3n) is 3.16. The van der Waals surface area contributed by atoms with Crippen molar-refractivity contribution in [3.05, 3.63) is 60.4 Å². The summed E-state index contributed by atoms with van der Waals surface area (Å²) in [5.74, 6) is -0.264. The molecule has 104 valence electrons. The number of fused-ring (bicyclic) bond motifs is 1. The molecule has 1 aromatic heterocycles. The van der Waals surface area contributed by atoms with E-state index in [1.807, 2.05) is 0 Å². The third-order valence-corrected chi connectivity index (χ3v) is 3.16. The smallest absolute Gasteiger partial charge is 0.274 e. The number of aromatic hydroxyl groups is 1. The van der Waals surface area contributed by atoms with E-state index in [0.29, 0.717) is 22.5 Å². The van der Waals surface area contributed by atoms with E-state index in [1.54, 1.807) is 42.6 Å². The molecule has 0 radical (unpaired) electrons. The number of aromatic nitrogens is 1. The zero-order valence-corrected chi connectivity index (χ0v) is 11.1. The van der Waals surface area contributed by atoms with Gasteiger partial charge in [-0.1, -0.05) is 18.2 Å².